The first-order valence-corrected chi connectivity index (χ1v) is 13.1. The van der Waals surface area contributed by atoms with Gasteiger partial charge in [0.2, 0.25) is 5.91 Å². The number of aliphatic hydroxyl groups excluding tert-OH is 2. The van der Waals surface area contributed by atoms with Crippen LogP contribution in [0.5, 0.6) is 0 Å². The maximum absolute atomic E-state index is 12.8. The Bertz CT molecular complexity index is 924. The number of carbonyl (C=O) groups excluding carboxylic acids is 1. The highest BCUT2D eigenvalue weighted by Gasteiger charge is 2.23. The Balaban J connectivity index is 1.56. The first-order chi connectivity index (χ1) is 16.9. The Morgan fingerprint density at radius 1 is 1.26 bits per heavy atom. The monoisotopic (exact) mass is 481 g/mol. The molecule has 1 saturated heterocycles. The van der Waals surface area contributed by atoms with E-state index >= 15 is 0 Å². The van der Waals surface area contributed by atoms with E-state index in [9.17, 15) is 15.0 Å². The zero-order valence-electron chi connectivity index (χ0n) is 21.7. The standard InChI is InChI=1S/C29H43N3O3/c1-4-9-27(31-14-8-10-24(18-31)22-33)16-23-13-15-32(29(35)17-23)21-28(34)20-30(3)19-26-12-7-6-11-25(26)5-2/h4,6-7,9,11-12,16-17,24,28,33-34H,5,8,10,13-15,18-22H2,1-3H3/b9-4-,27-16+. The molecule has 192 valence electrons. The third-order valence-electron chi connectivity index (χ3n) is 7.00. The fraction of sp³-hybridized carbons (Fsp3) is 0.552. The summed E-state index contributed by atoms with van der Waals surface area (Å²) in [4.78, 5) is 19.0. The summed E-state index contributed by atoms with van der Waals surface area (Å²) in [5.41, 5.74) is 4.74. The summed E-state index contributed by atoms with van der Waals surface area (Å²) in [5.74, 6) is 0.275. The molecule has 0 aliphatic carbocycles. The number of nitrogens with zero attached hydrogens (tertiary/aromatic N) is 3. The van der Waals surface area contributed by atoms with Gasteiger partial charge >= 0.3 is 0 Å². The molecular weight excluding hydrogens is 438 g/mol. The second kappa shape index (κ2) is 13.6. The number of likely N-dealkylation sites (tertiary alicyclic amines) is 1. The first kappa shape index (κ1) is 27.2. The Morgan fingerprint density at radius 2 is 2.03 bits per heavy atom. The van der Waals surface area contributed by atoms with E-state index in [1.807, 2.05) is 20.0 Å². The average molecular weight is 482 g/mol. The molecule has 2 aliphatic heterocycles. The highest BCUT2D eigenvalue weighted by molar-refractivity contribution is 5.89. The van der Waals surface area contributed by atoms with Gasteiger partial charge in [-0.25, -0.2) is 0 Å². The van der Waals surface area contributed by atoms with Crippen molar-refractivity contribution in [3.63, 3.8) is 0 Å². The largest absolute Gasteiger partial charge is 0.396 e. The van der Waals surface area contributed by atoms with Crippen molar-refractivity contribution in [2.75, 3.05) is 46.4 Å². The van der Waals surface area contributed by atoms with E-state index in [4.69, 9.17) is 0 Å². The predicted molar refractivity (Wildman–Crippen MR) is 142 cm³/mol. The van der Waals surface area contributed by atoms with Gasteiger partial charge in [0.15, 0.2) is 0 Å². The third kappa shape index (κ3) is 8.06. The van der Waals surface area contributed by atoms with Crippen LogP contribution in [0.1, 0.15) is 44.2 Å². The molecular formula is C29H43N3O3. The maximum atomic E-state index is 12.8. The van der Waals surface area contributed by atoms with Gasteiger partial charge in [0, 0.05) is 57.6 Å². The normalized spacial score (nSPS) is 20.6. The summed E-state index contributed by atoms with van der Waals surface area (Å²) in [7, 11) is 2.02. The Hall–Kier alpha value is -2.41. The van der Waals surface area contributed by atoms with Crippen molar-refractivity contribution >= 4 is 5.91 Å². The summed E-state index contributed by atoms with van der Waals surface area (Å²) >= 11 is 0. The van der Waals surface area contributed by atoms with Crippen molar-refractivity contribution in [3.8, 4) is 0 Å². The Morgan fingerprint density at radius 3 is 2.71 bits per heavy atom. The van der Waals surface area contributed by atoms with Crippen LogP contribution < -0.4 is 0 Å². The van der Waals surface area contributed by atoms with Gasteiger partial charge in [0.25, 0.3) is 0 Å². The van der Waals surface area contributed by atoms with Crippen LogP contribution in [0.2, 0.25) is 0 Å². The smallest absolute Gasteiger partial charge is 0.246 e. The molecule has 0 saturated carbocycles. The van der Waals surface area contributed by atoms with Crippen LogP contribution in [0.4, 0.5) is 0 Å². The van der Waals surface area contributed by atoms with Gasteiger partial charge < -0.3 is 20.0 Å². The lowest BCUT2D eigenvalue weighted by Crippen LogP contribution is -2.43. The molecule has 0 bridgehead atoms. The summed E-state index contributed by atoms with van der Waals surface area (Å²) in [6, 6.07) is 8.42. The number of hydrogen-bond donors (Lipinski definition) is 2. The van der Waals surface area contributed by atoms with Crippen molar-refractivity contribution in [3.05, 3.63) is 71.0 Å². The number of amides is 1. The zero-order chi connectivity index (χ0) is 25.2. The van der Waals surface area contributed by atoms with Crippen LogP contribution >= 0.6 is 0 Å². The minimum atomic E-state index is -0.592. The molecule has 1 aromatic carbocycles. The molecule has 35 heavy (non-hydrogen) atoms. The molecule has 2 heterocycles. The molecule has 1 aromatic rings. The third-order valence-corrected chi connectivity index (χ3v) is 7.00. The van der Waals surface area contributed by atoms with E-state index in [-0.39, 0.29) is 12.5 Å². The second-order valence-electron chi connectivity index (χ2n) is 9.93. The van der Waals surface area contributed by atoms with Gasteiger partial charge in [-0.1, -0.05) is 37.3 Å². The predicted octanol–water partition coefficient (Wildman–Crippen LogP) is 3.36. The molecule has 1 amide bonds. The number of piperidine rings is 1. The van der Waals surface area contributed by atoms with E-state index in [1.54, 1.807) is 11.0 Å². The molecule has 0 aromatic heterocycles. The van der Waals surface area contributed by atoms with E-state index in [0.29, 0.717) is 25.6 Å². The van der Waals surface area contributed by atoms with E-state index in [1.165, 1.54) is 11.1 Å². The highest BCUT2D eigenvalue weighted by atomic mass is 16.3. The number of likely N-dealkylation sites (N-methyl/N-ethyl adjacent to an activating group) is 1. The van der Waals surface area contributed by atoms with Gasteiger partial charge in [-0.05, 0) is 74.4 Å². The molecule has 1 fully saturated rings. The number of allylic oxidation sites excluding steroid dienone is 3. The second-order valence-corrected chi connectivity index (χ2v) is 9.93. The highest BCUT2D eigenvalue weighted by Crippen LogP contribution is 2.23. The summed E-state index contributed by atoms with van der Waals surface area (Å²) in [5, 5.41) is 20.3. The minimum absolute atomic E-state index is 0.0350. The lowest BCUT2D eigenvalue weighted by molar-refractivity contribution is -0.128. The van der Waals surface area contributed by atoms with Crippen molar-refractivity contribution in [2.24, 2.45) is 5.92 Å². The number of β-amino-alcohol motifs (C(OH)–C–C–N with tert-alkyl or cyclic N) is 1. The van der Waals surface area contributed by atoms with Gasteiger partial charge in [-0.15, -0.1) is 0 Å². The van der Waals surface area contributed by atoms with E-state index in [0.717, 1.165) is 56.6 Å². The molecule has 0 spiro atoms. The lowest BCUT2D eigenvalue weighted by Gasteiger charge is -2.35. The van der Waals surface area contributed by atoms with Crippen LogP contribution in [-0.4, -0.2) is 83.3 Å². The van der Waals surface area contributed by atoms with Gasteiger partial charge in [-0.3, -0.25) is 9.69 Å². The molecule has 0 radical (unpaired) electrons. The maximum Gasteiger partial charge on any atom is 0.246 e. The Kier molecular flexibility index (Phi) is 10.6. The van der Waals surface area contributed by atoms with Gasteiger partial charge in [0.05, 0.1) is 6.10 Å². The van der Waals surface area contributed by atoms with Crippen molar-refractivity contribution < 1.29 is 15.0 Å². The van der Waals surface area contributed by atoms with Crippen LogP contribution in [0.15, 0.2) is 59.8 Å². The SMILES string of the molecule is C/C=C\C(=C/C1=CC(=O)N(CC(O)CN(C)Cc2ccccc2CC)CC1)N1CCCC(CO)C1. The van der Waals surface area contributed by atoms with Crippen molar-refractivity contribution in [2.45, 2.75) is 52.2 Å². The average Bonchev–Trinajstić information content (AvgIpc) is 2.85. The quantitative estimate of drug-likeness (QED) is 0.475. The van der Waals surface area contributed by atoms with Crippen LogP contribution in [-0.2, 0) is 17.8 Å². The van der Waals surface area contributed by atoms with Crippen molar-refractivity contribution in [1.29, 1.82) is 0 Å². The molecule has 2 aliphatic rings. The van der Waals surface area contributed by atoms with Crippen LogP contribution in [0.3, 0.4) is 0 Å². The lowest BCUT2D eigenvalue weighted by atomic mass is 9.97. The fourth-order valence-electron chi connectivity index (χ4n) is 5.13. The van der Waals surface area contributed by atoms with Crippen LogP contribution in [0.25, 0.3) is 0 Å². The Labute approximate surface area is 211 Å². The number of hydrogen-bond acceptors (Lipinski definition) is 5. The molecule has 3 rings (SSSR count). The molecule has 2 N–H and O–H groups in total. The molecule has 2 atom stereocenters. The van der Waals surface area contributed by atoms with E-state index in [2.05, 4.69) is 53.1 Å². The molecule has 6 nitrogen and oxygen atoms in total. The fourth-order valence-corrected chi connectivity index (χ4v) is 5.13. The first-order valence-electron chi connectivity index (χ1n) is 13.1. The van der Waals surface area contributed by atoms with Gasteiger partial charge in [-0.2, -0.15) is 0 Å². The summed E-state index contributed by atoms with van der Waals surface area (Å²) in [6.45, 7) is 8.47. The molecule has 6 heteroatoms. The number of rotatable bonds is 11. The number of carbonyl (C=O) groups is 1. The number of aryl methyl sites for hydroxylation is 1. The van der Waals surface area contributed by atoms with Gasteiger partial charge in [0.1, 0.15) is 0 Å². The van der Waals surface area contributed by atoms with Crippen molar-refractivity contribution in [1.82, 2.24) is 14.7 Å². The minimum Gasteiger partial charge on any atom is -0.396 e. The number of benzene rings is 1. The topological polar surface area (TPSA) is 67.3 Å². The van der Waals surface area contributed by atoms with E-state index < -0.39 is 6.10 Å². The number of aliphatic hydroxyl groups is 2. The zero-order valence-corrected chi connectivity index (χ0v) is 21.7. The summed E-state index contributed by atoms with van der Waals surface area (Å²) < 4.78 is 0. The van der Waals surface area contributed by atoms with Crippen LogP contribution in [0, 0.1) is 5.92 Å². The summed E-state index contributed by atoms with van der Waals surface area (Å²) in [6.07, 6.45) is 11.3. The molecule has 2 unspecified atom stereocenters.